The third kappa shape index (κ3) is 3.69. The maximum atomic E-state index is 12.4. The number of nitrogens with zero attached hydrogens (tertiary/aromatic N) is 1. The SMILES string of the molecule is CCOC(=O)C1CCCN(C(=O)C2CCCOC2)C1. The molecule has 5 nitrogen and oxygen atoms in total. The van der Waals surface area contributed by atoms with Crippen molar-refractivity contribution in [3.8, 4) is 0 Å². The van der Waals surface area contributed by atoms with Gasteiger partial charge in [-0.3, -0.25) is 9.59 Å². The van der Waals surface area contributed by atoms with Crippen LogP contribution in [-0.2, 0) is 19.1 Å². The Labute approximate surface area is 114 Å². The smallest absolute Gasteiger partial charge is 0.310 e. The fourth-order valence-corrected chi connectivity index (χ4v) is 2.82. The van der Waals surface area contributed by atoms with E-state index in [4.69, 9.17) is 9.47 Å². The van der Waals surface area contributed by atoms with Crippen molar-refractivity contribution in [2.45, 2.75) is 32.6 Å². The molecule has 19 heavy (non-hydrogen) atoms. The minimum Gasteiger partial charge on any atom is -0.466 e. The van der Waals surface area contributed by atoms with Gasteiger partial charge in [0, 0.05) is 19.7 Å². The van der Waals surface area contributed by atoms with Gasteiger partial charge in [0.05, 0.1) is 25.0 Å². The summed E-state index contributed by atoms with van der Waals surface area (Å²) in [6.45, 7) is 4.76. The van der Waals surface area contributed by atoms with Crippen LogP contribution in [0.2, 0.25) is 0 Å². The van der Waals surface area contributed by atoms with Crippen LogP contribution in [0.15, 0.2) is 0 Å². The van der Waals surface area contributed by atoms with Gasteiger partial charge in [0.1, 0.15) is 0 Å². The third-order valence-electron chi connectivity index (χ3n) is 3.86. The summed E-state index contributed by atoms with van der Waals surface area (Å²) in [5.74, 6) is -0.189. The zero-order chi connectivity index (χ0) is 13.7. The lowest BCUT2D eigenvalue weighted by atomic mass is 9.95. The molecular weight excluding hydrogens is 246 g/mol. The Bertz CT molecular complexity index is 325. The van der Waals surface area contributed by atoms with Crippen LogP contribution in [0.25, 0.3) is 0 Å². The summed E-state index contributed by atoms with van der Waals surface area (Å²) in [6.07, 6.45) is 3.55. The predicted octanol–water partition coefficient (Wildman–Crippen LogP) is 1.21. The predicted molar refractivity (Wildman–Crippen MR) is 69.5 cm³/mol. The first-order chi connectivity index (χ1) is 9.22. The van der Waals surface area contributed by atoms with Gasteiger partial charge in [0.15, 0.2) is 0 Å². The van der Waals surface area contributed by atoms with Gasteiger partial charge in [-0.25, -0.2) is 0 Å². The molecule has 2 aliphatic heterocycles. The Morgan fingerprint density at radius 3 is 2.74 bits per heavy atom. The monoisotopic (exact) mass is 269 g/mol. The molecule has 0 spiro atoms. The number of ether oxygens (including phenoxy) is 2. The summed E-state index contributed by atoms with van der Waals surface area (Å²) in [5.41, 5.74) is 0. The summed E-state index contributed by atoms with van der Waals surface area (Å²) < 4.78 is 10.4. The lowest BCUT2D eigenvalue weighted by Gasteiger charge is -2.34. The van der Waals surface area contributed by atoms with Crippen molar-refractivity contribution in [2.75, 3.05) is 32.9 Å². The van der Waals surface area contributed by atoms with E-state index in [9.17, 15) is 9.59 Å². The van der Waals surface area contributed by atoms with E-state index in [0.29, 0.717) is 19.8 Å². The van der Waals surface area contributed by atoms with Gasteiger partial charge in [-0.05, 0) is 32.6 Å². The average molecular weight is 269 g/mol. The van der Waals surface area contributed by atoms with Crippen molar-refractivity contribution >= 4 is 11.9 Å². The van der Waals surface area contributed by atoms with Gasteiger partial charge in [-0.2, -0.15) is 0 Å². The fraction of sp³-hybridized carbons (Fsp3) is 0.857. The molecule has 0 saturated carbocycles. The van der Waals surface area contributed by atoms with E-state index in [-0.39, 0.29) is 23.7 Å². The van der Waals surface area contributed by atoms with Gasteiger partial charge in [-0.15, -0.1) is 0 Å². The number of rotatable bonds is 3. The summed E-state index contributed by atoms with van der Waals surface area (Å²) in [5, 5.41) is 0. The molecule has 0 aromatic heterocycles. The van der Waals surface area contributed by atoms with Gasteiger partial charge < -0.3 is 14.4 Å². The van der Waals surface area contributed by atoms with Crippen molar-refractivity contribution in [1.29, 1.82) is 0 Å². The van der Waals surface area contributed by atoms with Gasteiger partial charge in [0.2, 0.25) is 5.91 Å². The number of amides is 1. The van der Waals surface area contributed by atoms with Crippen LogP contribution in [0, 0.1) is 11.8 Å². The van der Waals surface area contributed by atoms with Crippen molar-refractivity contribution < 1.29 is 19.1 Å². The largest absolute Gasteiger partial charge is 0.466 e. The van der Waals surface area contributed by atoms with Crippen LogP contribution < -0.4 is 0 Å². The molecule has 2 heterocycles. The minimum atomic E-state index is -0.167. The van der Waals surface area contributed by atoms with Gasteiger partial charge in [-0.1, -0.05) is 0 Å². The fourth-order valence-electron chi connectivity index (χ4n) is 2.82. The molecule has 0 bridgehead atoms. The maximum Gasteiger partial charge on any atom is 0.310 e. The van der Waals surface area contributed by atoms with Crippen molar-refractivity contribution in [3.63, 3.8) is 0 Å². The van der Waals surface area contributed by atoms with Gasteiger partial charge >= 0.3 is 5.97 Å². The van der Waals surface area contributed by atoms with Crippen molar-refractivity contribution in [1.82, 2.24) is 4.90 Å². The third-order valence-corrected chi connectivity index (χ3v) is 3.86. The molecule has 2 saturated heterocycles. The molecule has 2 fully saturated rings. The van der Waals surface area contributed by atoms with Crippen LogP contribution in [0.1, 0.15) is 32.6 Å². The lowest BCUT2D eigenvalue weighted by molar-refractivity contribution is -0.152. The molecule has 2 unspecified atom stereocenters. The van der Waals surface area contributed by atoms with E-state index in [1.807, 2.05) is 11.8 Å². The first-order valence-corrected chi connectivity index (χ1v) is 7.25. The summed E-state index contributed by atoms with van der Waals surface area (Å²) >= 11 is 0. The molecule has 0 aromatic rings. The summed E-state index contributed by atoms with van der Waals surface area (Å²) in [7, 11) is 0. The standard InChI is InChI=1S/C14H23NO4/c1-2-19-14(17)11-5-3-7-15(9-11)13(16)12-6-4-8-18-10-12/h11-12H,2-10H2,1H3. The second-order valence-electron chi connectivity index (χ2n) is 5.29. The topological polar surface area (TPSA) is 55.8 Å². The Kier molecular flexibility index (Phi) is 5.19. The van der Waals surface area contributed by atoms with Crippen LogP contribution in [0.5, 0.6) is 0 Å². The first-order valence-electron chi connectivity index (χ1n) is 7.25. The lowest BCUT2D eigenvalue weighted by Crippen LogP contribution is -2.46. The molecule has 0 N–H and O–H groups in total. The van der Waals surface area contributed by atoms with Crippen LogP contribution in [-0.4, -0.2) is 49.7 Å². The molecule has 0 radical (unpaired) electrons. The molecule has 0 aliphatic carbocycles. The van der Waals surface area contributed by atoms with E-state index in [1.54, 1.807) is 0 Å². The highest BCUT2D eigenvalue weighted by molar-refractivity contribution is 5.80. The first kappa shape index (κ1) is 14.3. The molecule has 0 aromatic carbocycles. The second-order valence-corrected chi connectivity index (χ2v) is 5.29. The Morgan fingerprint density at radius 1 is 1.26 bits per heavy atom. The molecule has 2 rings (SSSR count). The second kappa shape index (κ2) is 6.89. The summed E-state index contributed by atoms with van der Waals surface area (Å²) in [6, 6.07) is 0. The zero-order valence-corrected chi connectivity index (χ0v) is 11.6. The number of piperidine rings is 1. The highest BCUT2D eigenvalue weighted by Gasteiger charge is 2.33. The number of esters is 1. The van der Waals surface area contributed by atoms with Crippen LogP contribution >= 0.6 is 0 Å². The van der Waals surface area contributed by atoms with Crippen LogP contribution in [0.3, 0.4) is 0 Å². The minimum absolute atomic E-state index is 0.0188. The summed E-state index contributed by atoms with van der Waals surface area (Å²) in [4.78, 5) is 26.0. The Hall–Kier alpha value is -1.10. The maximum absolute atomic E-state index is 12.4. The molecule has 108 valence electrons. The number of likely N-dealkylation sites (tertiary alicyclic amines) is 1. The van der Waals surface area contributed by atoms with Gasteiger partial charge in [0.25, 0.3) is 0 Å². The Balaban J connectivity index is 1.89. The molecule has 1 amide bonds. The van der Waals surface area contributed by atoms with E-state index < -0.39 is 0 Å². The highest BCUT2D eigenvalue weighted by atomic mass is 16.5. The average Bonchev–Trinajstić information content (AvgIpc) is 2.48. The molecule has 2 atom stereocenters. The van der Waals surface area contributed by atoms with Crippen molar-refractivity contribution in [3.05, 3.63) is 0 Å². The number of carbonyl (C=O) groups excluding carboxylic acids is 2. The van der Waals surface area contributed by atoms with Crippen molar-refractivity contribution in [2.24, 2.45) is 11.8 Å². The quantitative estimate of drug-likeness (QED) is 0.723. The van der Waals surface area contributed by atoms with E-state index >= 15 is 0 Å². The number of hydrogen-bond donors (Lipinski definition) is 0. The van der Waals surface area contributed by atoms with E-state index in [1.165, 1.54) is 0 Å². The molecular formula is C14H23NO4. The number of carbonyl (C=O) groups is 2. The highest BCUT2D eigenvalue weighted by Crippen LogP contribution is 2.22. The normalized spacial score (nSPS) is 27.9. The van der Waals surface area contributed by atoms with E-state index in [0.717, 1.165) is 38.8 Å². The van der Waals surface area contributed by atoms with E-state index in [2.05, 4.69) is 0 Å². The Morgan fingerprint density at radius 2 is 2.05 bits per heavy atom. The molecule has 2 aliphatic rings. The molecule has 5 heteroatoms. The number of hydrogen-bond acceptors (Lipinski definition) is 4. The zero-order valence-electron chi connectivity index (χ0n) is 11.6. The van der Waals surface area contributed by atoms with Crippen LogP contribution in [0.4, 0.5) is 0 Å².